The van der Waals surface area contributed by atoms with E-state index in [1.807, 2.05) is 60.1 Å². The standard InChI is InChI=1S/C25H26N4O2S/c1-29-23(9-5-6-18-10-14-22(31-2)15-11-18)27-28-25(29)32-17-24(30)26-21-13-12-19-7-3-4-8-20(19)16-21/h3-4,7-8,10-16H,5-6,9,17H2,1-2H3,(H,26,30). The number of thioether (sulfide) groups is 1. The van der Waals surface area contributed by atoms with Gasteiger partial charge >= 0.3 is 0 Å². The summed E-state index contributed by atoms with van der Waals surface area (Å²) in [7, 11) is 3.62. The monoisotopic (exact) mass is 446 g/mol. The van der Waals surface area contributed by atoms with E-state index in [4.69, 9.17) is 4.74 Å². The van der Waals surface area contributed by atoms with Gasteiger partial charge in [0.1, 0.15) is 11.6 Å². The number of fused-ring (bicyclic) bond motifs is 1. The lowest BCUT2D eigenvalue weighted by atomic mass is 10.1. The fourth-order valence-corrected chi connectivity index (χ4v) is 4.26. The van der Waals surface area contributed by atoms with Crippen molar-refractivity contribution in [2.24, 2.45) is 7.05 Å². The van der Waals surface area contributed by atoms with Crippen molar-refractivity contribution in [1.82, 2.24) is 14.8 Å². The number of amides is 1. The first kappa shape index (κ1) is 21.9. The predicted molar refractivity (Wildman–Crippen MR) is 129 cm³/mol. The number of aromatic nitrogens is 3. The number of anilines is 1. The van der Waals surface area contributed by atoms with Crippen molar-refractivity contribution in [3.63, 3.8) is 0 Å². The highest BCUT2D eigenvalue weighted by atomic mass is 32.2. The van der Waals surface area contributed by atoms with Crippen molar-refractivity contribution in [2.75, 3.05) is 18.2 Å². The van der Waals surface area contributed by atoms with Gasteiger partial charge in [-0.1, -0.05) is 54.2 Å². The van der Waals surface area contributed by atoms with Gasteiger partial charge in [-0.3, -0.25) is 4.79 Å². The highest BCUT2D eigenvalue weighted by Gasteiger charge is 2.12. The summed E-state index contributed by atoms with van der Waals surface area (Å²) in [5.41, 5.74) is 2.07. The molecular formula is C25H26N4O2S. The Morgan fingerprint density at radius 2 is 1.78 bits per heavy atom. The molecule has 3 aromatic carbocycles. The van der Waals surface area contributed by atoms with E-state index in [-0.39, 0.29) is 11.7 Å². The fourth-order valence-electron chi connectivity index (χ4n) is 3.53. The lowest BCUT2D eigenvalue weighted by Crippen LogP contribution is -2.14. The van der Waals surface area contributed by atoms with Crippen molar-refractivity contribution in [3.8, 4) is 5.75 Å². The maximum Gasteiger partial charge on any atom is 0.234 e. The lowest BCUT2D eigenvalue weighted by molar-refractivity contribution is -0.113. The van der Waals surface area contributed by atoms with Crippen molar-refractivity contribution < 1.29 is 9.53 Å². The van der Waals surface area contributed by atoms with Crippen LogP contribution in [0.25, 0.3) is 10.8 Å². The van der Waals surface area contributed by atoms with Crippen LogP contribution in [0.2, 0.25) is 0 Å². The van der Waals surface area contributed by atoms with E-state index in [1.165, 1.54) is 17.3 Å². The smallest absolute Gasteiger partial charge is 0.234 e. The molecule has 0 unspecified atom stereocenters. The Bertz CT molecular complexity index is 1200. The normalized spacial score (nSPS) is 10.9. The van der Waals surface area contributed by atoms with Crippen LogP contribution in [0.15, 0.2) is 71.9 Å². The third-order valence-corrected chi connectivity index (χ3v) is 6.34. The number of rotatable bonds is 9. The summed E-state index contributed by atoms with van der Waals surface area (Å²) in [4.78, 5) is 12.4. The van der Waals surface area contributed by atoms with E-state index in [0.29, 0.717) is 0 Å². The average Bonchev–Trinajstić information content (AvgIpc) is 3.17. The molecule has 4 rings (SSSR count). The van der Waals surface area contributed by atoms with Crippen LogP contribution in [0.4, 0.5) is 5.69 Å². The maximum absolute atomic E-state index is 12.4. The molecule has 0 spiro atoms. The number of carbonyl (C=O) groups is 1. The molecule has 1 aromatic heterocycles. The van der Waals surface area contributed by atoms with E-state index in [2.05, 4.69) is 33.7 Å². The minimum Gasteiger partial charge on any atom is -0.497 e. The van der Waals surface area contributed by atoms with Crippen LogP contribution in [0.5, 0.6) is 5.75 Å². The number of nitrogens with zero attached hydrogens (tertiary/aromatic N) is 3. The van der Waals surface area contributed by atoms with E-state index in [0.717, 1.165) is 52.5 Å². The predicted octanol–water partition coefficient (Wildman–Crippen LogP) is 4.88. The molecular weight excluding hydrogens is 420 g/mol. The van der Waals surface area contributed by atoms with Crippen molar-refractivity contribution in [2.45, 2.75) is 24.4 Å². The quantitative estimate of drug-likeness (QED) is 0.371. The van der Waals surface area contributed by atoms with Gasteiger partial charge in [-0.25, -0.2) is 0 Å². The van der Waals surface area contributed by atoms with E-state index < -0.39 is 0 Å². The van der Waals surface area contributed by atoms with Gasteiger partial charge in [-0.15, -0.1) is 10.2 Å². The minimum atomic E-state index is -0.0608. The Labute approximate surface area is 192 Å². The number of hydrogen-bond donors (Lipinski definition) is 1. The van der Waals surface area contributed by atoms with Crippen molar-refractivity contribution in [3.05, 3.63) is 78.1 Å². The van der Waals surface area contributed by atoms with Gasteiger partial charge < -0.3 is 14.6 Å². The van der Waals surface area contributed by atoms with E-state index >= 15 is 0 Å². The van der Waals surface area contributed by atoms with Gasteiger partial charge in [0.2, 0.25) is 5.91 Å². The molecule has 0 atom stereocenters. The van der Waals surface area contributed by atoms with Crippen LogP contribution in [0.3, 0.4) is 0 Å². The third kappa shape index (κ3) is 5.48. The molecule has 0 aliphatic carbocycles. The van der Waals surface area contributed by atoms with Crippen LogP contribution in [0.1, 0.15) is 17.8 Å². The molecule has 0 aliphatic rings. The van der Waals surface area contributed by atoms with Crippen molar-refractivity contribution >= 4 is 34.1 Å². The third-order valence-electron chi connectivity index (χ3n) is 5.32. The number of benzene rings is 3. The molecule has 0 radical (unpaired) electrons. The van der Waals surface area contributed by atoms with Crippen LogP contribution < -0.4 is 10.1 Å². The first-order chi connectivity index (χ1) is 15.6. The molecule has 0 aliphatic heterocycles. The number of hydrogen-bond acceptors (Lipinski definition) is 5. The Balaban J connectivity index is 1.26. The van der Waals surface area contributed by atoms with Crippen LogP contribution in [-0.2, 0) is 24.7 Å². The lowest BCUT2D eigenvalue weighted by Gasteiger charge is -2.07. The van der Waals surface area contributed by atoms with Gasteiger partial charge in [-0.05, 0) is 53.4 Å². The zero-order valence-electron chi connectivity index (χ0n) is 18.2. The summed E-state index contributed by atoms with van der Waals surface area (Å²) < 4.78 is 7.17. The van der Waals surface area contributed by atoms with Gasteiger partial charge in [-0.2, -0.15) is 0 Å². The number of ether oxygens (including phenoxy) is 1. The van der Waals surface area contributed by atoms with Gasteiger partial charge in [0, 0.05) is 19.2 Å². The molecule has 1 amide bonds. The Morgan fingerprint density at radius 1 is 1.00 bits per heavy atom. The number of methoxy groups -OCH3 is 1. The zero-order valence-corrected chi connectivity index (χ0v) is 19.1. The summed E-state index contributed by atoms with van der Waals surface area (Å²) in [6.45, 7) is 0. The first-order valence-electron chi connectivity index (χ1n) is 10.5. The second-order valence-corrected chi connectivity index (χ2v) is 8.50. The molecule has 6 nitrogen and oxygen atoms in total. The molecule has 1 heterocycles. The van der Waals surface area contributed by atoms with E-state index in [1.54, 1.807) is 7.11 Å². The highest BCUT2D eigenvalue weighted by molar-refractivity contribution is 7.99. The summed E-state index contributed by atoms with van der Waals surface area (Å²) >= 11 is 1.40. The summed E-state index contributed by atoms with van der Waals surface area (Å²) in [5.74, 6) is 2.02. The number of aryl methyl sites for hydroxylation is 2. The molecule has 4 aromatic rings. The first-order valence-corrected chi connectivity index (χ1v) is 11.5. The zero-order chi connectivity index (χ0) is 22.3. The van der Waals surface area contributed by atoms with Gasteiger partial charge in [0.15, 0.2) is 5.16 Å². The van der Waals surface area contributed by atoms with Crippen LogP contribution >= 0.6 is 11.8 Å². The molecule has 0 bridgehead atoms. The largest absolute Gasteiger partial charge is 0.497 e. The molecule has 7 heteroatoms. The maximum atomic E-state index is 12.4. The number of carbonyl (C=O) groups excluding carboxylic acids is 1. The van der Waals surface area contributed by atoms with Gasteiger partial charge in [0.25, 0.3) is 0 Å². The Morgan fingerprint density at radius 3 is 2.56 bits per heavy atom. The molecule has 0 saturated heterocycles. The molecule has 0 saturated carbocycles. The summed E-state index contributed by atoms with van der Waals surface area (Å²) in [6, 6.07) is 22.2. The highest BCUT2D eigenvalue weighted by Crippen LogP contribution is 2.21. The van der Waals surface area contributed by atoms with E-state index in [9.17, 15) is 4.79 Å². The number of nitrogens with one attached hydrogen (secondary N) is 1. The fraction of sp³-hybridized carbons (Fsp3) is 0.240. The topological polar surface area (TPSA) is 69.0 Å². The average molecular weight is 447 g/mol. The second kappa shape index (κ2) is 10.3. The molecule has 0 fully saturated rings. The SMILES string of the molecule is COc1ccc(CCCc2nnc(SCC(=O)Nc3ccc4ccccc4c3)n2C)cc1. The molecule has 1 N–H and O–H groups in total. The summed E-state index contributed by atoms with van der Waals surface area (Å²) in [5, 5.41) is 14.5. The summed E-state index contributed by atoms with van der Waals surface area (Å²) in [6.07, 6.45) is 2.78. The Kier molecular flexibility index (Phi) is 7.07. The second-order valence-electron chi connectivity index (χ2n) is 7.56. The van der Waals surface area contributed by atoms with Crippen molar-refractivity contribution in [1.29, 1.82) is 0 Å². The molecule has 164 valence electrons. The minimum absolute atomic E-state index is 0.0608. The van der Waals surface area contributed by atoms with Gasteiger partial charge in [0.05, 0.1) is 12.9 Å². The van der Waals surface area contributed by atoms with Crippen LogP contribution in [-0.4, -0.2) is 33.5 Å². The Hall–Kier alpha value is -3.32. The van der Waals surface area contributed by atoms with Crippen LogP contribution in [0, 0.1) is 0 Å². The molecule has 32 heavy (non-hydrogen) atoms.